The number of rotatable bonds is 4. The van der Waals surface area contributed by atoms with E-state index in [1.165, 1.54) is 24.3 Å². The van der Waals surface area contributed by atoms with Crippen LogP contribution in [0.5, 0.6) is 11.6 Å². The van der Waals surface area contributed by atoms with Crippen LogP contribution in [0, 0.1) is 10.1 Å². The molecule has 0 aliphatic rings. The van der Waals surface area contributed by atoms with E-state index in [4.69, 9.17) is 16.2 Å². The molecule has 9 nitrogen and oxygen atoms in total. The minimum atomic E-state index is -0.734. The van der Waals surface area contributed by atoms with Crippen LogP contribution in [0.1, 0.15) is 10.4 Å². The van der Waals surface area contributed by atoms with Gasteiger partial charge in [0.25, 0.3) is 0 Å². The number of hydrogen-bond donors (Lipinski definition) is 2. The van der Waals surface area contributed by atoms with E-state index in [2.05, 4.69) is 9.97 Å². The molecule has 2 rings (SSSR count). The predicted octanol–water partition coefficient (Wildman–Crippen LogP) is 0.858. The lowest BCUT2D eigenvalue weighted by Gasteiger charge is -2.06. The monoisotopic (exact) mass is 275 g/mol. The number of ether oxygens (including phenoxy) is 1. The lowest BCUT2D eigenvalue weighted by atomic mass is 10.2. The molecule has 0 spiro atoms. The van der Waals surface area contributed by atoms with Gasteiger partial charge in [-0.25, -0.2) is 4.98 Å². The third-order valence-electron chi connectivity index (χ3n) is 2.35. The Balaban J connectivity index is 2.33. The third-order valence-corrected chi connectivity index (χ3v) is 2.35. The maximum atomic E-state index is 10.9. The molecule has 20 heavy (non-hydrogen) atoms. The number of carbonyl (C=O) groups excluding carboxylic acids is 1. The molecule has 9 heteroatoms. The zero-order valence-electron chi connectivity index (χ0n) is 10.0. The SMILES string of the molecule is NC(=O)c1ccc(Oc2ncnc(N)c2[N+](=O)[O-])cc1. The molecule has 0 saturated heterocycles. The maximum Gasteiger partial charge on any atom is 0.372 e. The summed E-state index contributed by atoms with van der Waals surface area (Å²) in [5.74, 6) is -0.923. The van der Waals surface area contributed by atoms with Crippen molar-refractivity contribution in [1.29, 1.82) is 0 Å². The first kappa shape index (κ1) is 13.2. The Morgan fingerprint density at radius 2 is 1.90 bits per heavy atom. The molecule has 1 amide bonds. The second-order valence-corrected chi connectivity index (χ2v) is 3.66. The molecule has 0 unspecified atom stereocenters. The van der Waals surface area contributed by atoms with Crippen LogP contribution in [0.3, 0.4) is 0 Å². The first-order valence-electron chi connectivity index (χ1n) is 5.31. The molecule has 0 aliphatic carbocycles. The highest BCUT2D eigenvalue weighted by atomic mass is 16.6. The summed E-state index contributed by atoms with van der Waals surface area (Å²) < 4.78 is 5.26. The molecule has 0 radical (unpaired) electrons. The minimum absolute atomic E-state index is 0.246. The summed E-state index contributed by atoms with van der Waals surface area (Å²) in [6, 6.07) is 5.71. The van der Waals surface area contributed by atoms with Crippen LogP contribution < -0.4 is 16.2 Å². The second-order valence-electron chi connectivity index (χ2n) is 3.66. The number of nitrogens with two attached hydrogens (primary N) is 2. The van der Waals surface area contributed by atoms with Crippen molar-refractivity contribution >= 4 is 17.4 Å². The topological polar surface area (TPSA) is 147 Å². The van der Waals surface area contributed by atoms with Crippen LogP contribution in [-0.2, 0) is 0 Å². The lowest BCUT2D eigenvalue weighted by Crippen LogP contribution is -2.10. The van der Waals surface area contributed by atoms with Crippen molar-refractivity contribution in [3.05, 3.63) is 46.3 Å². The smallest absolute Gasteiger partial charge is 0.372 e. The van der Waals surface area contributed by atoms with Gasteiger partial charge in [-0.15, -0.1) is 0 Å². The summed E-state index contributed by atoms with van der Waals surface area (Å²) in [5.41, 5.74) is 10.3. The van der Waals surface area contributed by atoms with E-state index in [0.717, 1.165) is 6.33 Å². The Morgan fingerprint density at radius 1 is 1.25 bits per heavy atom. The number of carbonyl (C=O) groups is 1. The van der Waals surface area contributed by atoms with Gasteiger partial charge in [0.1, 0.15) is 12.1 Å². The van der Waals surface area contributed by atoms with Crippen molar-refractivity contribution in [2.24, 2.45) is 5.73 Å². The maximum absolute atomic E-state index is 10.9. The van der Waals surface area contributed by atoms with Crippen molar-refractivity contribution in [1.82, 2.24) is 9.97 Å². The number of hydrogen-bond acceptors (Lipinski definition) is 7. The van der Waals surface area contributed by atoms with E-state index in [9.17, 15) is 14.9 Å². The van der Waals surface area contributed by atoms with Gasteiger partial charge in [-0.3, -0.25) is 14.9 Å². The number of primary amides is 1. The molecular weight excluding hydrogens is 266 g/mol. The van der Waals surface area contributed by atoms with E-state index < -0.39 is 16.5 Å². The van der Waals surface area contributed by atoms with Gasteiger partial charge in [-0.2, -0.15) is 4.98 Å². The van der Waals surface area contributed by atoms with Crippen LogP contribution in [0.25, 0.3) is 0 Å². The van der Waals surface area contributed by atoms with E-state index >= 15 is 0 Å². The number of nitrogen functional groups attached to an aromatic ring is 1. The molecular formula is C11H9N5O4. The minimum Gasteiger partial charge on any atom is -0.434 e. The van der Waals surface area contributed by atoms with Crippen molar-refractivity contribution in [2.45, 2.75) is 0 Å². The predicted molar refractivity (Wildman–Crippen MR) is 68.1 cm³/mol. The number of anilines is 1. The summed E-state index contributed by atoms with van der Waals surface area (Å²) in [4.78, 5) is 28.3. The van der Waals surface area contributed by atoms with Crippen LogP contribution in [0.2, 0.25) is 0 Å². The molecule has 102 valence electrons. The van der Waals surface area contributed by atoms with Crippen LogP contribution in [0.4, 0.5) is 11.5 Å². The van der Waals surface area contributed by atoms with Crippen molar-refractivity contribution in [3.8, 4) is 11.6 Å². The van der Waals surface area contributed by atoms with Crippen molar-refractivity contribution in [3.63, 3.8) is 0 Å². The molecule has 4 N–H and O–H groups in total. The van der Waals surface area contributed by atoms with Crippen molar-refractivity contribution in [2.75, 3.05) is 5.73 Å². The molecule has 0 aliphatic heterocycles. The molecule has 0 bridgehead atoms. The molecule has 1 aromatic carbocycles. The molecule has 2 aromatic rings. The zero-order chi connectivity index (χ0) is 14.7. The molecule has 0 atom stereocenters. The van der Waals surface area contributed by atoms with E-state index in [1.807, 2.05) is 0 Å². The average molecular weight is 275 g/mol. The number of aromatic nitrogens is 2. The van der Waals surface area contributed by atoms with Crippen LogP contribution >= 0.6 is 0 Å². The normalized spacial score (nSPS) is 10.0. The van der Waals surface area contributed by atoms with Crippen LogP contribution in [0.15, 0.2) is 30.6 Å². The van der Waals surface area contributed by atoms with E-state index in [0.29, 0.717) is 0 Å². The number of amides is 1. The fourth-order valence-electron chi connectivity index (χ4n) is 1.42. The van der Waals surface area contributed by atoms with Gasteiger partial charge in [0.05, 0.1) is 4.92 Å². The summed E-state index contributed by atoms with van der Waals surface area (Å²) >= 11 is 0. The molecule has 0 saturated carbocycles. The first-order chi connectivity index (χ1) is 9.49. The number of nitrogens with zero attached hydrogens (tertiary/aromatic N) is 3. The Labute approximate surface area is 112 Å². The van der Waals surface area contributed by atoms with Gasteiger partial charge < -0.3 is 16.2 Å². The van der Waals surface area contributed by atoms with Gasteiger partial charge in [0.15, 0.2) is 0 Å². The second kappa shape index (κ2) is 5.18. The van der Waals surface area contributed by atoms with Crippen LogP contribution in [-0.4, -0.2) is 20.8 Å². The van der Waals surface area contributed by atoms with Gasteiger partial charge in [-0.1, -0.05) is 0 Å². The lowest BCUT2D eigenvalue weighted by molar-refractivity contribution is -0.385. The molecule has 1 heterocycles. The largest absolute Gasteiger partial charge is 0.434 e. The summed E-state index contributed by atoms with van der Waals surface area (Å²) in [5, 5.41) is 10.9. The highest BCUT2D eigenvalue weighted by Crippen LogP contribution is 2.32. The summed E-state index contributed by atoms with van der Waals surface area (Å²) in [6.07, 6.45) is 1.05. The summed E-state index contributed by atoms with van der Waals surface area (Å²) in [7, 11) is 0. The molecule has 1 aromatic heterocycles. The van der Waals surface area contributed by atoms with E-state index in [-0.39, 0.29) is 23.0 Å². The van der Waals surface area contributed by atoms with E-state index in [1.54, 1.807) is 0 Å². The van der Waals surface area contributed by atoms with Gasteiger partial charge in [0.2, 0.25) is 11.7 Å². The fraction of sp³-hybridized carbons (Fsp3) is 0. The number of benzene rings is 1. The fourth-order valence-corrected chi connectivity index (χ4v) is 1.42. The highest BCUT2D eigenvalue weighted by molar-refractivity contribution is 5.92. The zero-order valence-corrected chi connectivity index (χ0v) is 10.0. The van der Waals surface area contributed by atoms with Gasteiger partial charge in [0, 0.05) is 5.56 Å². The third kappa shape index (κ3) is 2.61. The summed E-state index contributed by atoms with van der Waals surface area (Å²) in [6.45, 7) is 0. The Kier molecular flexibility index (Phi) is 3.42. The van der Waals surface area contributed by atoms with Gasteiger partial charge >= 0.3 is 11.6 Å². The Bertz CT molecular complexity index is 671. The highest BCUT2D eigenvalue weighted by Gasteiger charge is 2.23. The van der Waals surface area contributed by atoms with Gasteiger partial charge in [-0.05, 0) is 24.3 Å². The average Bonchev–Trinajstić information content (AvgIpc) is 2.39. The quantitative estimate of drug-likeness (QED) is 0.620. The molecule has 0 fully saturated rings. The Hall–Kier alpha value is -3.23. The first-order valence-corrected chi connectivity index (χ1v) is 5.31. The number of nitro groups is 1. The standard InChI is InChI=1S/C11H9N5O4/c12-9-8(16(18)19)11(15-5-14-9)20-7-3-1-6(2-4-7)10(13)17/h1-5H,(H2,13,17)(H2,12,14,15). The Morgan fingerprint density at radius 3 is 2.45 bits per heavy atom. The van der Waals surface area contributed by atoms with Crippen molar-refractivity contribution < 1.29 is 14.5 Å².